The van der Waals surface area contributed by atoms with Gasteiger partial charge in [0.1, 0.15) is 0 Å². The summed E-state index contributed by atoms with van der Waals surface area (Å²) >= 11 is 7.66. The highest BCUT2D eigenvalue weighted by molar-refractivity contribution is 7.22. The van der Waals surface area contributed by atoms with E-state index in [-0.39, 0.29) is 0 Å². The van der Waals surface area contributed by atoms with E-state index < -0.39 is 0 Å². The van der Waals surface area contributed by atoms with Gasteiger partial charge in [-0.25, -0.2) is 4.98 Å². The van der Waals surface area contributed by atoms with Crippen molar-refractivity contribution in [3.63, 3.8) is 0 Å². The Kier molecular flexibility index (Phi) is 4.21. The first kappa shape index (κ1) is 13.2. The van der Waals surface area contributed by atoms with Crippen LogP contribution in [0.25, 0.3) is 10.2 Å². The predicted molar refractivity (Wildman–Crippen MR) is 83.4 cm³/mol. The first-order valence-corrected chi connectivity index (χ1v) is 8.03. The van der Waals surface area contributed by atoms with Crippen molar-refractivity contribution in [2.24, 2.45) is 0 Å². The molecular formula is C14H18ClN3S. The van der Waals surface area contributed by atoms with E-state index in [4.69, 9.17) is 11.6 Å². The maximum absolute atomic E-state index is 5.97. The number of hydrogen-bond donors (Lipinski definition) is 1. The molecule has 5 heteroatoms. The Hall–Kier alpha value is -0.840. The molecule has 1 aliphatic rings. The van der Waals surface area contributed by atoms with Gasteiger partial charge in [-0.05, 0) is 57.1 Å². The van der Waals surface area contributed by atoms with Gasteiger partial charge < -0.3 is 10.2 Å². The fraction of sp³-hybridized carbons (Fsp3) is 0.500. The number of likely N-dealkylation sites (tertiary alicyclic amines) is 1. The maximum atomic E-state index is 5.97. The van der Waals surface area contributed by atoms with Crippen LogP contribution < -0.4 is 5.32 Å². The number of nitrogens with one attached hydrogen (secondary N) is 1. The zero-order valence-corrected chi connectivity index (χ0v) is 12.4. The van der Waals surface area contributed by atoms with Crippen LogP contribution in [0.3, 0.4) is 0 Å². The van der Waals surface area contributed by atoms with Gasteiger partial charge in [0.2, 0.25) is 0 Å². The molecule has 3 nitrogen and oxygen atoms in total. The third-order valence-corrected chi connectivity index (χ3v) is 4.70. The van der Waals surface area contributed by atoms with Crippen molar-refractivity contribution in [3.8, 4) is 0 Å². The van der Waals surface area contributed by atoms with Crippen LogP contribution in [0.4, 0.5) is 5.13 Å². The minimum Gasteiger partial charge on any atom is -0.361 e. The quantitative estimate of drug-likeness (QED) is 0.849. The molecule has 0 saturated carbocycles. The molecule has 0 aliphatic carbocycles. The van der Waals surface area contributed by atoms with E-state index in [1.54, 1.807) is 11.3 Å². The number of halogens is 1. The monoisotopic (exact) mass is 295 g/mol. The van der Waals surface area contributed by atoms with Gasteiger partial charge in [0.05, 0.1) is 10.2 Å². The highest BCUT2D eigenvalue weighted by Crippen LogP contribution is 2.27. The molecule has 0 amide bonds. The molecule has 0 radical (unpaired) electrons. The van der Waals surface area contributed by atoms with Crippen LogP contribution >= 0.6 is 22.9 Å². The second-order valence-electron chi connectivity index (χ2n) is 4.96. The summed E-state index contributed by atoms with van der Waals surface area (Å²) in [5.41, 5.74) is 0.986. The molecule has 0 unspecified atom stereocenters. The SMILES string of the molecule is Clc1ccc2sc(NCCCN3CCCC3)nc2c1. The number of nitrogens with zero attached hydrogens (tertiary/aromatic N) is 2. The number of rotatable bonds is 5. The van der Waals surface area contributed by atoms with Gasteiger partial charge in [-0.1, -0.05) is 22.9 Å². The van der Waals surface area contributed by atoms with Gasteiger partial charge in [-0.15, -0.1) is 0 Å². The summed E-state index contributed by atoms with van der Waals surface area (Å²) in [6.45, 7) is 4.74. The molecule has 2 heterocycles. The van der Waals surface area contributed by atoms with Crippen LogP contribution in [0.2, 0.25) is 5.02 Å². The number of benzene rings is 1. The first-order chi connectivity index (χ1) is 9.31. The van der Waals surface area contributed by atoms with E-state index in [1.807, 2.05) is 18.2 Å². The normalized spacial score (nSPS) is 16.3. The lowest BCUT2D eigenvalue weighted by molar-refractivity contribution is 0.337. The van der Waals surface area contributed by atoms with Gasteiger partial charge in [0.25, 0.3) is 0 Å². The van der Waals surface area contributed by atoms with E-state index in [2.05, 4.69) is 15.2 Å². The van der Waals surface area contributed by atoms with Crippen molar-refractivity contribution in [1.82, 2.24) is 9.88 Å². The van der Waals surface area contributed by atoms with Crippen LogP contribution in [-0.4, -0.2) is 36.1 Å². The fourth-order valence-electron chi connectivity index (χ4n) is 2.48. The predicted octanol–water partition coefficient (Wildman–Crippen LogP) is 3.85. The number of hydrogen-bond acceptors (Lipinski definition) is 4. The summed E-state index contributed by atoms with van der Waals surface area (Å²) in [5.74, 6) is 0. The molecule has 2 aromatic rings. The Labute approximate surface area is 122 Å². The van der Waals surface area contributed by atoms with Crippen molar-refractivity contribution in [2.45, 2.75) is 19.3 Å². The zero-order chi connectivity index (χ0) is 13.1. The maximum Gasteiger partial charge on any atom is 0.183 e. The van der Waals surface area contributed by atoms with Gasteiger partial charge in [0.15, 0.2) is 5.13 Å². The number of anilines is 1. The number of aromatic nitrogens is 1. The second kappa shape index (κ2) is 6.07. The zero-order valence-electron chi connectivity index (χ0n) is 10.9. The van der Waals surface area contributed by atoms with Gasteiger partial charge in [0, 0.05) is 11.6 Å². The van der Waals surface area contributed by atoms with E-state index in [0.717, 1.165) is 22.2 Å². The summed E-state index contributed by atoms with van der Waals surface area (Å²) in [5, 5.41) is 5.16. The smallest absolute Gasteiger partial charge is 0.183 e. The topological polar surface area (TPSA) is 28.2 Å². The molecule has 1 aliphatic heterocycles. The minimum absolute atomic E-state index is 0.749. The van der Waals surface area contributed by atoms with Crippen molar-refractivity contribution < 1.29 is 0 Å². The van der Waals surface area contributed by atoms with Crippen molar-refractivity contribution in [3.05, 3.63) is 23.2 Å². The Morgan fingerprint density at radius 3 is 3.00 bits per heavy atom. The third-order valence-electron chi connectivity index (χ3n) is 3.48. The fourth-order valence-corrected chi connectivity index (χ4v) is 3.52. The summed E-state index contributed by atoms with van der Waals surface area (Å²) in [6, 6.07) is 5.87. The van der Waals surface area contributed by atoms with Crippen LogP contribution in [-0.2, 0) is 0 Å². The molecule has 0 atom stereocenters. The Bertz CT molecular complexity index is 549. The average Bonchev–Trinajstić information content (AvgIpc) is 3.02. The van der Waals surface area contributed by atoms with E-state index in [9.17, 15) is 0 Å². The molecule has 19 heavy (non-hydrogen) atoms. The first-order valence-electron chi connectivity index (χ1n) is 6.83. The molecular weight excluding hydrogens is 278 g/mol. The van der Waals surface area contributed by atoms with Crippen LogP contribution in [0.5, 0.6) is 0 Å². The average molecular weight is 296 g/mol. The molecule has 1 saturated heterocycles. The summed E-state index contributed by atoms with van der Waals surface area (Å²) < 4.78 is 1.19. The van der Waals surface area contributed by atoms with E-state index in [0.29, 0.717) is 0 Å². The molecule has 1 aromatic carbocycles. The van der Waals surface area contributed by atoms with Gasteiger partial charge in [-0.3, -0.25) is 0 Å². The molecule has 0 spiro atoms. The van der Waals surface area contributed by atoms with Crippen LogP contribution in [0.1, 0.15) is 19.3 Å². The van der Waals surface area contributed by atoms with Crippen LogP contribution in [0, 0.1) is 0 Å². The minimum atomic E-state index is 0.749. The largest absolute Gasteiger partial charge is 0.361 e. The van der Waals surface area contributed by atoms with E-state index in [1.165, 1.54) is 43.6 Å². The standard InChI is InChI=1S/C14H18ClN3S/c15-11-4-5-13-12(10-11)17-14(19-13)16-6-3-9-18-7-1-2-8-18/h4-5,10H,1-3,6-9H2,(H,16,17). The molecule has 1 N–H and O–H groups in total. The summed E-state index contributed by atoms with van der Waals surface area (Å²) in [4.78, 5) is 7.09. The van der Waals surface area contributed by atoms with Crippen molar-refractivity contribution >= 4 is 38.3 Å². The second-order valence-corrected chi connectivity index (χ2v) is 6.43. The molecule has 3 rings (SSSR count). The lowest BCUT2D eigenvalue weighted by Crippen LogP contribution is -2.22. The van der Waals surface area contributed by atoms with Crippen molar-refractivity contribution in [2.75, 3.05) is 31.5 Å². The number of thiazole rings is 1. The Balaban J connectivity index is 1.50. The highest BCUT2D eigenvalue weighted by Gasteiger charge is 2.10. The number of fused-ring (bicyclic) bond motifs is 1. The van der Waals surface area contributed by atoms with Crippen molar-refractivity contribution in [1.29, 1.82) is 0 Å². The summed E-state index contributed by atoms with van der Waals surface area (Å²) in [7, 11) is 0. The van der Waals surface area contributed by atoms with Gasteiger partial charge >= 0.3 is 0 Å². The Morgan fingerprint density at radius 2 is 2.16 bits per heavy atom. The highest BCUT2D eigenvalue weighted by atomic mass is 35.5. The van der Waals surface area contributed by atoms with Gasteiger partial charge in [-0.2, -0.15) is 0 Å². The lowest BCUT2D eigenvalue weighted by atomic mass is 10.3. The summed E-state index contributed by atoms with van der Waals surface area (Å²) in [6.07, 6.45) is 3.91. The Morgan fingerprint density at radius 1 is 1.32 bits per heavy atom. The third kappa shape index (κ3) is 3.38. The molecule has 1 aromatic heterocycles. The van der Waals surface area contributed by atoms with Crippen LogP contribution in [0.15, 0.2) is 18.2 Å². The lowest BCUT2D eigenvalue weighted by Gasteiger charge is -2.13. The molecule has 102 valence electrons. The molecule has 0 bridgehead atoms. The molecule has 1 fully saturated rings. The van der Waals surface area contributed by atoms with E-state index >= 15 is 0 Å².